The van der Waals surface area contributed by atoms with Crippen molar-refractivity contribution in [2.75, 3.05) is 0 Å². The van der Waals surface area contributed by atoms with Crippen molar-refractivity contribution in [1.82, 2.24) is 10.6 Å². The Kier molecular flexibility index (Phi) is 4.43. The quantitative estimate of drug-likeness (QED) is 0.771. The maximum absolute atomic E-state index is 12.0. The van der Waals surface area contributed by atoms with Gasteiger partial charge < -0.3 is 10.6 Å². The van der Waals surface area contributed by atoms with Gasteiger partial charge in [0, 0.05) is 12.1 Å². The highest BCUT2D eigenvalue weighted by Gasteiger charge is 2.30. The maximum atomic E-state index is 12.0. The Balaban J connectivity index is 1.69. The second-order valence-electron chi connectivity index (χ2n) is 5.86. The molecule has 17 heavy (non-hydrogen) atoms. The first-order chi connectivity index (χ1) is 8.16. The lowest BCUT2D eigenvalue weighted by molar-refractivity contribution is -0.123. The number of hydrogen-bond acceptors (Lipinski definition) is 2. The van der Waals surface area contributed by atoms with Crippen LogP contribution in [0.4, 0.5) is 0 Å². The monoisotopic (exact) mass is 238 g/mol. The number of rotatable bonds is 5. The van der Waals surface area contributed by atoms with Gasteiger partial charge in [-0.15, -0.1) is 0 Å². The molecule has 2 fully saturated rings. The molecule has 2 rings (SSSR count). The zero-order valence-corrected chi connectivity index (χ0v) is 11.2. The van der Waals surface area contributed by atoms with E-state index in [1.54, 1.807) is 0 Å². The van der Waals surface area contributed by atoms with Crippen LogP contribution in [-0.4, -0.2) is 24.0 Å². The van der Waals surface area contributed by atoms with Crippen molar-refractivity contribution in [1.29, 1.82) is 0 Å². The summed E-state index contributed by atoms with van der Waals surface area (Å²) < 4.78 is 0. The molecule has 0 aromatic carbocycles. The van der Waals surface area contributed by atoms with Crippen LogP contribution in [0, 0.1) is 5.92 Å². The fourth-order valence-electron chi connectivity index (χ4n) is 2.78. The van der Waals surface area contributed by atoms with Crippen molar-refractivity contribution in [3.63, 3.8) is 0 Å². The van der Waals surface area contributed by atoms with Crippen LogP contribution >= 0.6 is 0 Å². The number of hydrogen-bond donors (Lipinski definition) is 2. The van der Waals surface area contributed by atoms with Crippen LogP contribution in [0.15, 0.2) is 0 Å². The highest BCUT2D eigenvalue weighted by molar-refractivity contribution is 5.81. The Morgan fingerprint density at radius 3 is 2.29 bits per heavy atom. The lowest BCUT2D eigenvalue weighted by Gasteiger charge is -2.26. The average Bonchev–Trinajstić information content (AvgIpc) is 3.14. The van der Waals surface area contributed by atoms with Crippen molar-refractivity contribution in [2.24, 2.45) is 5.92 Å². The van der Waals surface area contributed by atoms with E-state index in [0.717, 1.165) is 18.8 Å². The third-order valence-corrected chi connectivity index (χ3v) is 4.19. The molecule has 0 aromatic heterocycles. The fourth-order valence-corrected chi connectivity index (χ4v) is 2.78. The zero-order valence-electron chi connectivity index (χ0n) is 11.2. The molecule has 2 atom stereocenters. The molecule has 3 heteroatoms. The summed E-state index contributed by atoms with van der Waals surface area (Å²) in [7, 11) is 0. The smallest absolute Gasteiger partial charge is 0.237 e. The molecule has 2 N–H and O–H groups in total. The normalized spacial score (nSPS) is 25.3. The Labute approximate surface area is 105 Å². The van der Waals surface area contributed by atoms with E-state index in [1.807, 2.05) is 6.92 Å². The van der Waals surface area contributed by atoms with Gasteiger partial charge in [-0.25, -0.2) is 0 Å². The fraction of sp³-hybridized carbons (Fsp3) is 0.929. The third kappa shape index (κ3) is 3.98. The molecule has 98 valence electrons. The molecule has 0 bridgehead atoms. The molecular weight excluding hydrogens is 212 g/mol. The van der Waals surface area contributed by atoms with E-state index < -0.39 is 0 Å². The zero-order chi connectivity index (χ0) is 12.3. The highest BCUT2D eigenvalue weighted by atomic mass is 16.2. The molecule has 1 amide bonds. The van der Waals surface area contributed by atoms with E-state index in [4.69, 9.17) is 0 Å². The van der Waals surface area contributed by atoms with Gasteiger partial charge in [-0.1, -0.05) is 19.3 Å². The Morgan fingerprint density at radius 1 is 1.06 bits per heavy atom. The van der Waals surface area contributed by atoms with Crippen molar-refractivity contribution >= 4 is 5.91 Å². The molecule has 0 radical (unpaired) electrons. The Morgan fingerprint density at radius 2 is 1.71 bits per heavy atom. The molecule has 2 aliphatic carbocycles. The van der Waals surface area contributed by atoms with E-state index in [-0.39, 0.29) is 11.9 Å². The Hall–Kier alpha value is -0.570. The van der Waals surface area contributed by atoms with Crippen molar-refractivity contribution in [2.45, 2.75) is 76.9 Å². The topological polar surface area (TPSA) is 41.1 Å². The van der Waals surface area contributed by atoms with Crippen LogP contribution in [-0.2, 0) is 4.79 Å². The van der Waals surface area contributed by atoms with Gasteiger partial charge in [0.15, 0.2) is 0 Å². The summed E-state index contributed by atoms with van der Waals surface area (Å²) in [4.78, 5) is 12.0. The second-order valence-corrected chi connectivity index (χ2v) is 5.86. The first kappa shape index (κ1) is 12.9. The highest BCUT2D eigenvalue weighted by Crippen LogP contribution is 2.32. The summed E-state index contributed by atoms with van der Waals surface area (Å²) in [6, 6.07) is 0.867. The van der Waals surface area contributed by atoms with Crippen molar-refractivity contribution < 1.29 is 4.79 Å². The number of amides is 1. The number of nitrogens with one attached hydrogen (secondary N) is 2. The van der Waals surface area contributed by atoms with Crippen LogP contribution in [0.25, 0.3) is 0 Å². The van der Waals surface area contributed by atoms with Gasteiger partial charge in [-0.05, 0) is 45.4 Å². The van der Waals surface area contributed by atoms with Crippen LogP contribution in [0.1, 0.15) is 58.8 Å². The summed E-state index contributed by atoms with van der Waals surface area (Å²) in [5, 5.41) is 6.60. The summed E-state index contributed by atoms with van der Waals surface area (Å²) in [6.45, 7) is 4.18. The molecule has 2 saturated carbocycles. The molecule has 3 nitrogen and oxygen atoms in total. The molecule has 0 saturated heterocycles. The van der Waals surface area contributed by atoms with Gasteiger partial charge in [0.2, 0.25) is 5.91 Å². The summed E-state index contributed by atoms with van der Waals surface area (Å²) in [6.07, 6.45) is 8.85. The van der Waals surface area contributed by atoms with Crippen LogP contribution in [0.3, 0.4) is 0 Å². The van der Waals surface area contributed by atoms with Gasteiger partial charge in [0.25, 0.3) is 0 Å². The summed E-state index contributed by atoms with van der Waals surface area (Å²) in [5.41, 5.74) is 0. The Bertz CT molecular complexity index is 257. The first-order valence-electron chi connectivity index (χ1n) is 7.23. The van der Waals surface area contributed by atoms with Gasteiger partial charge in [0.1, 0.15) is 0 Å². The SMILES string of the molecule is CC(NC(C)C1CC1)C(=O)NC1CCCCC1. The van der Waals surface area contributed by atoms with E-state index in [2.05, 4.69) is 17.6 Å². The van der Waals surface area contributed by atoms with Gasteiger partial charge in [0.05, 0.1) is 6.04 Å². The van der Waals surface area contributed by atoms with Gasteiger partial charge in [-0.3, -0.25) is 4.79 Å². The average molecular weight is 238 g/mol. The minimum absolute atomic E-state index is 0.0486. The van der Waals surface area contributed by atoms with E-state index in [0.29, 0.717) is 12.1 Å². The summed E-state index contributed by atoms with van der Waals surface area (Å²) >= 11 is 0. The number of carbonyl (C=O) groups is 1. The van der Waals surface area contributed by atoms with Gasteiger partial charge in [-0.2, -0.15) is 0 Å². The molecule has 2 unspecified atom stereocenters. The number of carbonyl (C=O) groups excluding carboxylic acids is 1. The minimum Gasteiger partial charge on any atom is -0.352 e. The lowest BCUT2D eigenvalue weighted by Crippen LogP contribution is -2.49. The third-order valence-electron chi connectivity index (χ3n) is 4.19. The minimum atomic E-state index is -0.0486. The van der Waals surface area contributed by atoms with Crippen molar-refractivity contribution in [3.05, 3.63) is 0 Å². The molecule has 2 aliphatic rings. The predicted molar refractivity (Wildman–Crippen MR) is 69.8 cm³/mol. The van der Waals surface area contributed by atoms with Gasteiger partial charge >= 0.3 is 0 Å². The predicted octanol–water partition coefficient (Wildman–Crippen LogP) is 2.21. The second kappa shape index (κ2) is 5.85. The van der Waals surface area contributed by atoms with Crippen LogP contribution < -0.4 is 10.6 Å². The van der Waals surface area contributed by atoms with Crippen LogP contribution in [0.2, 0.25) is 0 Å². The summed E-state index contributed by atoms with van der Waals surface area (Å²) in [5.74, 6) is 0.990. The first-order valence-corrected chi connectivity index (χ1v) is 7.23. The van der Waals surface area contributed by atoms with Crippen LogP contribution in [0.5, 0.6) is 0 Å². The molecule has 0 aromatic rings. The van der Waals surface area contributed by atoms with E-state index >= 15 is 0 Å². The molecular formula is C14H26N2O. The van der Waals surface area contributed by atoms with Crippen molar-refractivity contribution in [3.8, 4) is 0 Å². The molecule has 0 spiro atoms. The maximum Gasteiger partial charge on any atom is 0.237 e. The molecule has 0 aliphatic heterocycles. The van der Waals surface area contributed by atoms with E-state index in [1.165, 1.54) is 32.1 Å². The lowest BCUT2D eigenvalue weighted by atomic mass is 9.95. The standard InChI is InChI=1S/C14H26N2O/c1-10(12-8-9-12)15-11(2)14(17)16-13-6-4-3-5-7-13/h10-13,15H,3-9H2,1-2H3,(H,16,17). The largest absolute Gasteiger partial charge is 0.352 e. The molecule has 0 heterocycles. The van der Waals surface area contributed by atoms with E-state index in [9.17, 15) is 4.79 Å².